The molecule has 0 spiro atoms. The van der Waals surface area contributed by atoms with Gasteiger partial charge in [0, 0.05) is 12.1 Å². The van der Waals surface area contributed by atoms with Gasteiger partial charge in [-0.2, -0.15) is 0 Å². The van der Waals surface area contributed by atoms with Gasteiger partial charge in [0.1, 0.15) is 11.6 Å². The van der Waals surface area contributed by atoms with E-state index in [0.29, 0.717) is 30.5 Å². The average Bonchev–Trinajstić information content (AvgIpc) is 2.76. The summed E-state index contributed by atoms with van der Waals surface area (Å²) in [5, 5.41) is 18.6. The van der Waals surface area contributed by atoms with E-state index < -0.39 is 17.3 Å². The summed E-state index contributed by atoms with van der Waals surface area (Å²) >= 11 is 0. The molecule has 7 heteroatoms. The minimum Gasteiger partial charge on any atom is -0.388 e. The lowest BCUT2D eigenvalue weighted by Gasteiger charge is -2.56. The van der Waals surface area contributed by atoms with Gasteiger partial charge in [0.2, 0.25) is 5.91 Å². The monoisotopic (exact) mass is 440 g/mol. The maximum Gasteiger partial charge on any atom is 0.232 e. The number of nitrogens with zero attached hydrogens (tertiary/aromatic N) is 1. The number of aliphatic hydroxyl groups excluding tert-OH is 1. The molecule has 0 bridgehead atoms. The van der Waals surface area contributed by atoms with Gasteiger partial charge in [0.25, 0.3) is 0 Å². The molecule has 1 saturated heterocycles. The van der Waals surface area contributed by atoms with E-state index in [1.807, 2.05) is 6.92 Å². The first kappa shape index (κ1) is 22.3. The van der Waals surface area contributed by atoms with Crippen molar-refractivity contribution in [1.82, 2.24) is 0 Å². The fourth-order valence-electron chi connectivity index (χ4n) is 5.10. The number of aliphatic hydroxyl groups is 1. The number of β-lactam (4-membered cyclic amide) rings is 1. The van der Waals surface area contributed by atoms with E-state index in [4.69, 9.17) is 5.41 Å². The number of halogens is 2. The lowest BCUT2D eigenvalue weighted by molar-refractivity contribution is -0.135. The third-order valence-electron chi connectivity index (χ3n) is 6.88. The molecule has 2 fully saturated rings. The Kier molecular flexibility index (Phi) is 5.95. The SMILES string of the molecule is CC1(C2C(CCC(O)c3ccc(F)cc3)C(=O)N2c2ccc(F)cc2)CCC(=O)C(=N)C1. The summed E-state index contributed by atoms with van der Waals surface area (Å²) in [7, 11) is 0. The first-order chi connectivity index (χ1) is 15.2. The van der Waals surface area contributed by atoms with Gasteiger partial charge in [-0.1, -0.05) is 19.1 Å². The Bertz CT molecular complexity index is 1040. The molecule has 1 amide bonds. The lowest BCUT2D eigenvalue weighted by atomic mass is 9.61. The van der Waals surface area contributed by atoms with Gasteiger partial charge in [-0.3, -0.25) is 9.59 Å². The molecule has 4 unspecified atom stereocenters. The van der Waals surface area contributed by atoms with Crippen LogP contribution in [-0.4, -0.2) is 28.6 Å². The maximum absolute atomic E-state index is 13.4. The van der Waals surface area contributed by atoms with Crippen molar-refractivity contribution in [2.45, 2.75) is 51.2 Å². The highest BCUT2D eigenvalue weighted by Crippen LogP contribution is 2.50. The van der Waals surface area contributed by atoms with Crippen LogP contribution in [0.5, 0.6) is 0 Å². The summed E-state index contributed by atoms with van der Waals surface area (Å²) in [5.74, 6) is -1.44. The van der Waals surface area contributed by atoms with Crippen molar-refractivity contribution in [3.05, 3.63) is 65.7 Å². The van der Waals surface area contributed by atoms with Crippen LogP contribution in [0.4, 0.5) is 14.5 Å². The average molecular weight is 440 g/mol. The van der Waals surface area contributed by atoms with E-state index in [1.54, 1.807) is 17.0 Å². The number of anilines is 1. The van der Waals surface area contributed by atoms with E-state index in [-0.39, 0.29) is 48.0 Å². The highest BCUT2D eigenvalue weighted by Gasteiger charge is 2.57. The summed E-state index contributed by atoms with van der Waals surface area (Å²) in [6, 6.07) is 11.1. The first-order valence-corrected chi connectivity index (χ1v) is 10.8. The molecule has 1 heterocycles. The van der Waals surface area contributed by atoms with Gasteiger partial charge in [0.15, 0.2) is 5.78 Å². The quantitative estimate of drug-likeness (QED) is 0.645. The maximum atomic E-state index is 13.4. The van der Waals surface area contributed by atoms with Crippen molar-refractivity contribution < 1.29 is 23.5 Å². The number of benzene rings is 2. The Morgan fingerprint density at radius 2 is 1.69 bits per heavy atom. The third kappa shape index (κ3) is 4.09. The van der Waals surface area contributed by atoms with E-state index in [0.717, 1.165) is 0 Å². The van der Waals surface area contributed by atoms with Crippen molar-refractivity contribution in [2.75, 3.05) is 4.90 Å². The minimum absolute atomic E-state index is 0.0715. The standard InChI is InChI=1S/C25H26F2N2O3/c1-25(13-12-22(31)20(28)14-25)23-19(10-11-21(30)15-2-4-16(26)5-3-15)24(32)29(23)18-8-6-17(27)7-9-18/h2-9,19,21,23,28,30H,10-14H2,1H3. The molecule has 1 aliphatic carbocycles. The van der Waals surface area contributed by atoms with Gasteiger partial charge >= 0.3 is 0 Å². The summed E-state index contributed by atoms with van der Waals surface area (Å²) in [6.07, 6.45) is 1.00. The Labute approximate surface area is 185 Å². The van der Waals surface area contributed by atoms with Crippen LogP contribution in [0.25, 0.3) is 0 Å². The van der Waals surface area contributed by atoms with Crippen molar-refractivity contribution in [3.8, 4) is 0 Å². The topological polar surface area (TPSA) is 81.5 Å². The number of hydrogen-bond acceptors (Lipinski definition) is 4. The largest absolute Gasteiger partial charge is 0.388 e. The van der Waals surface area contributed by atoms with Gasteiger partial charge in [0.05, 0.1) is 23.8 Å². The Morgan fingerprint density at radius 3 is 2.28 bits per heavy atom. The number of nitrogens with one attached hydrogen (secondary N) is 1. The Hall–Kier alpha value is -2.93. The van der Waals surface area contributed by atoms with Crippen molar-refractivity contribution in [1.29, 1.82) is 5.41 Å². The number of carbonyl (C=O) groups is 2. The van der Waals surface area contributed by atoms with Crippen LogP contribution in [0.3, 0.4) is 0 Å². The number of carbonyl (C=O) groups excluding carboxylic acids is 2. The second-order valence-corrected chi connectivity index (χ2v) is 9.11. The van der Waals surface area contributed by atoms with Crippen molar-refractivity contribution in [3.63, 3.8) is 0 Å². The van der Waals surface area contributed by atoms with Crippen LogP contribution in [0.15, 0.2) is 48.5 Å². The number of amides is 1. The molecule has 5 nitrogen and oxygen atoms in total. The normalized spacial score (nSPS) is 26.8. The van der Waals surface area contributed by atoms with Crippen molar-refractivity contribution >= 4 is 23.1 Å². The molecule has 168 valence electrons. The highest BCUT2D eigenvalue weighted by molar-refractivity contribution is 6.39. The molecule has 1 saturated carbocycles. The molecule has 2 aromatic rings. The summed E-state index contributed by atoms with van der Waals surface area (Å²) in [4.78, 5) is 26.7. The highest BCUT2D eigenvalue weighted by atomic mass is 19.1. The van der Waals surface area contributed by atoms with E-state index in [1.165, 1.54) is 36.4 Å². The van der Waals surface area contributed by atoms with E-state index >= 15 is 0 Å². The number of hydrogen-bond donors (Lipinski definition) is 2. The van der Waals surface area contributed by atoms with Gasteiger partial charge < -0.3 is 15.4 Å². The van der Waals surface area contributed by atoms with Gasteiger partial charge in [-0.05, 0) is 73.1 Å². The molecule has 0 radical (unpaired) electrons. The number of rotatable bonds is 6. The molecule has 32 heavy (non-hydrogen) atoms. The molecule has 2 aromatic carbocycles. The van der Waals surface area contributed by atoms with Crippen LogP contribution in [0.1, 0.15) is 50.7 Å². The zero-order chi connectivity index (χ0) is 23.0. The smallest absolute Gasteiger partial charge is 0.232 e. The summed E-state index contributed by atoms with van der Waals surface area (Å²) < 4.78 is 26.6. The summed E-state index contributed by atoms with van der Waals surface area (Å²) in [5.41, 5.74) is 0.767. The predicted octanol–water partition coefficient (Wildman–Crippen LogP) is 4.59. The zero-order valence-electron chi connectivity index (χ0n) is 17.9. The Balaban J connectivity index is 1.56. The fourth-order valence-corrected chi connectivity index (χ4v) is 5.10. The molecular formula is C25H26F2N2O3. The van der Waals surface area contributed by atoms with Crippen LogP contribution >= 0.6 is 0 Å². The molecule has 4 rings (SSSR count). The molecule has 1 aliphatic heterocycles. The molecule has 2 aliphatic rings. The molecule has 4 atom stereocenters. The van der Waals surface area contributed by atoms with E-state index in [9.17, 15) is 23.5 Å². The Morgan fingerprint density at radius 1 is 1.09 bits per heavy atom. The molecule has 0 aromatic heterocycles. The fraction of sp³-hybridized carbons (Fsp3) is 0.400. The second kappa shape index (κ2) is 8.54. The zero-order valence-corrected chi connectivity index (χ0v) is 17.9. The van der Waals surface area contributed by atoms with Crippen LogP contribution in [0.2, 0.25) is 0 Å². The van der Waals surface area contributed by atoms with Gasteiger partial charge in [-0.15, -0.1) is 0 Å². The third-order valence-corrected chi connectivity index (χ3v) is 6.88. The number of Topliss-reactive ketones (excluding diaryl/α,β-unsaturated/α-hetero) is 1. The molecular weight excluding hydrogens is 414 g/mol. The number of ketones is 1. The lowest BCUT2D eigenvalue weighted by Crippen LogP contribution is -2.68. The van der Waals surface area contributed by atoms with Crippen LogP contribution in [0, 0.1) is 28.4 Å². The first-order valence-electron chi connectivity index (χ1n) is 10.8. The second-order valence-electron chi connectivity index (χ2n) is 9.11. The predicted molar refractivity (Wildman–Crippen MR) is 116 cm³/mol. The van der Waals surface area contributed by atoms with Gasteiger partial charge in [-0.25, -0.2) is 8.78 Å². The van der Waals surface area contributed by atoms with Crippen LogP contribution in [-0.2, 0) is 9.59 Å². The molecule has 2 N–H and O–H groups in total. The van der Waals surface area contributed by atoms with Crippen LogP contribution < -0.4 is 4.90 Å². The minimum atomic E-state index is -0.831. The van der Waals surface area contributed by atoms with E-state index in [2.05, 4.69) is 0 Å². The summed E-state index contributed by atoms with van der Waals surface area (Å²) in [6.45, 7) is 1.99. The van der Waals surface area contributed by atoms with Crippen molar-refractivity contribution in [2.24, 2.45) is 11.3 Å².